The molecular weight excluding hydrogens is 422 g/mol. The normalized spacial score (nSPS) is 11.0. The van der Waals surface area contributed by atoms with E-state index in [0.29, 0.717) is 28.3 Å². The molecule has 0 bridgehead atoms. The van der Waals surface area contributed by atoms with Gasteiger partial charge in [-0.05, 0) is 60.7 Å². The first-order chi connectivity index (χ1) is 16.1. The highest BCUT2D eigenvalue weighted by atomic mass is 16.7. The van der Waals surface area contributed by atoms with Crippen LogP contribution in [0, 0.1) is 10.1 Å². The molecule has 1 aromatic heterocycles. The van der Waals surface area contributed by atoms with Crippen molar-refractivity contribution in [1.82, 2.24) is 4.98 Å². The summed E-state index contributed by atoms with van der Waals surface area (Å²) in [5.74, 6) is 0.599. The summed E-state index contributed by atoms with van der Waals surface area (Å²) in [7, 11) is 0. The second-order valence-electron chi connectivity index (χ2n) is 6.80. The maximum atomic E-state index is 12.6. The van der Waals surface area contributed by atoms with E-state index in [1.807, 2.05) is 30.3 Å². The zero-order valence-corrected chi connectivity index (χ0v) is 17.2. The van der Waals surface area contributed by atoms with E-state index in [9.17, 15) is 14.9 Å². The van der Waals surface area contributed by atoms with Gasteiger partial charge >= 0.3 is 5.97 Å². The van der Waals surface area contributed by atoms with Crippen LogP contribution in [0.25, 0.3) is 0 Å². The van der Waals surface area contributed by atoms with Gasteiger partial charge in [-0.3, -0.25) is 15.1 Å². The molecule has 4 rings (SSSR count). The number of para-hydroxylation sites is 1. The van der Waals surface area contributed by atoms with Crippen LogP contribution in [0.2, 0.25) is 0 Å². The molecule has 0 fully saturated rings. The molecule has 0 amide bonds. The molecule has 8 nitrogen and oxygen atoms in total. The third-order valence-corrected chi connectivity index (χ3v) is 4.59. The molecule has 0 aliphatic rings. The number of nitro groups is 1. The van der Waals surface area contributed by atoms with Gasteiger partial charge in [0.05, 0.1) is 10.5 Å². The van der Waals surface area contributed by atoms with E-state index in [2.05, 4.69) is 10.1 Å². The van der Waals surface area contributed by atoms with Gasteiger partial charge in [-0.1, -0.05) is 23.4 Å². The molecule has 0 N–H and O–H groups in total. The zero-order chi connectivity index (χ0) is 23.0. The van der Waals surface area contributed by atoms with E-state index in [-0.39, 0.29) is 11.3 Å². The van der Waals surface area contributed by atoms with E-state index in [0.717, 1.165) is 0 Å². The van der Waals surface area contributed by atoms with Crippen LogP contribution in [-0.4, -0.2) is 21.6 Å². The van der Waals surface area contributed by atoms with Crippen LogP contribution < -0.4 is 4.74 Å². The van der Waals surface area contributed by atoms with Crippen LogP contribution >= 0.6 is 0 Å². The average molecular weight is 439 g/mol. The van der Waals surface area contributed by atoms with Gasteiger partial charge in [0.2, 0.25) is 0 Å². The second-order valence-corrected chi connectivity index (χ2v) is 6.80. The highest BCUT2D eigenvalue weighted by molar-refractivity contribution is 6.12. The molecule has 0 aliphatic carbocycles. The van der Waals surface area contributed by atoms with Crippen molar-refractivity contribution < 1.29 is 19.3 Å². The molecule has 0 spiro atoms. The predicted octanol–water partition coefficient (Wildman–Crippen LogP) is 5.39. The lowest BCUT2D eigenvalue weighted by Gasteiger charge is -2.07. The van der Waals surface area contributed by atoms with Crippen molar-refractivity contribution in [2.24, 2.45) is 5.16 Å². The van der Waals surface area contributed by atoms with Crippen LogP contribution in [0.4, 0.5) is 5.69 Å². The van der Waals surface area contributed by atoms with Gasteiger partial charge in [0.1, 0.15) is 17.2 Å². The van der Waals surface area contributed by atoms with Gasteiger partial charge in [0.25, 0.3) is 5.69 Å². The number of hydrogen-bond donors (Lipinski definition) is 0. The van der Waals surface area contributed by atoms with Crippen LogP contribution in [-0.2, 0) is 4.84 Å². The van der Waals surface area contributed by atoms with Gasteiger partial charge in [0.15, 0.2) is 0 Å². The molecule has 0 radical (unpaired) electrons. The number of benzene rings is 3. The Bertz CT molecular complexity index is 1270. The van der Waals surface area contributed by atoms with Gasteiger partial charge < -0.3 is 9.57 Å². The van der Waals surface area contributed by atoms with Crippen molar-refractivity contribution in [2.45, 2.75) is 0 Å². The highest BCUT2D eigenvalue weighted by Crippen LogP contribution is 2.22. The van der Waals surface area contributed by atoms with E-state index < -0.39 is 10.9 Å². The summed E-state index contributed by atoms with van der Waals surface area (Å²) in [5.41, 5.74) is 1.76. The number of ether oxygens (including phenoxy) is 1. The quantitative estimate of drug-likeness (QED) is 0.165. The maximum absolute atomic E-state index is 12.6. The lowest BCUT2D eigenvalue weighted by atomic mass is 10.0. The minimum atomic E-state index is -0.658. The summed E-state index contributed by atoms with van der Waals surface area (Å²) < 4.78 is 5.72. The SMILES string of the molecule is O=C(O/N=C(\c1ccncc1)c1ccc([N+](=O)[O-])cc1)c1ccc(Oc2ccccc2)cc1. The number of pyridine rings is 1. The van der Waals surface area contributed by atoms with E-state index in [1.54, 1.807) is 60.9 Å². The van der Waals surface area contributed by atoms with Gasteiger partial charge in [-0.2, -0.15) is 0 Å². The van der Waals surface area contributed by atoms with Gasteiger partial charge in [-0.25, -0.2) is 4.79 Å². The van der Waals surface area contributed by atoms with E-state index in [1.165, 1.54) is 12.1 Å². The maximum Gasteiger partial charge on any atom is 0.365 e. The van der Waals surface area contributed by atoms with Crippen molar-refractivity contribution in [3.63, 3.8) is 0 Å². The minimum absolute atomic E-state index is 0.0531. The summed E-state index contributed by atoms with van der Waals surface area (Å²) in [5, 5.41) is 15.0. The number of nitrogens with zero attached hydrogens (tertiary/aromatic N) is 3. The number of nitro benzene ring substituents is 1. The van der Waals surface area contributed by atoms with Crippen LogP contribution in [0.3, 0.4) is 0 Å². The molecule has 3 aromatic carbocycles. The predicted molar refractivity (Wildman–Crippen MR) is 121 cm³/mol. The Kier molecular flexibility index (Phi) is 6.46. The van der Waals surface area contributed by atoms with Crippen LogP contribution in [0.5, 0.6) is 11.5 Å². The van der Waals surface area contributed by atoms with Crippen molar-refractivity contribution in [3.8, 4) is 11.5 Å². The number of non-ortho nitro benzene ring substituents is 1. The summed E-state index contributed by atoms with van der Waals surface area (Å²) in [6.45, 7) is 0. The smallest absolute Gasteiger partial charge is 0.365 e. The van der Waals surface area contributed by atoms with Crippen molar-refractivity contribution in [3.05, 3.63) is 130 Å². The van der Waals surface area contributed by atoms with Gasteiger partial charge in [-0.15, -0.1) is 0 Å². The molecule has 162 valence electrons. The third-order valence-electron chi connectivity index (χ3n) is 4.59. The van der Waals surface area contributed by atoms with Gasteiger partial charge in [0, 0.05) is 35.7 Å². The number of carbonyl (C=O) groups is 1. The average Bonchev–Trinajstić information content (AvgIpc) is 2.86. The molecule has 0 unspecified atom stereocenters. The Balaban J connectivity index is 1.53. The fourth-order valence-electron chi connectivity index (χ4n) is 2.95. The lowest BCUT2D eigenvalue weighted by molar-refractivity contribution is -0.384. The van der Waals surface area contributed by atoms with E-state index >= 15 is 0 Å². The minimum Gasteiger partial charge on any atom is -0.457 e. The molecule has 0 atom stereocenters. The Morgan fingerprint density at radius 1 is 0.758 bits per heavy atom. The van der Waals surface area contributed by atoms with Crippen molar-refractivity contribution in [2.75, 3.05) is 0 Å². The molecule has 0 saturated heterocycles. The number of rotatable bonds is 7. The fourth-order valence-corrected chi connectivity index (χ4v) is 2.95. The summed E-state index contributed by atoms with van der Waals surface area (Å²) in [6.07, 6.45) is 3.15. The topological polar surface area (TPSA) is 104 Å². The molecule has 0 aliphatic heterocycles. The number of hydrogen-bond acceptors (Lipinski definition) is 7. The highest BCUT2D eigenvalue weighted by Gasteiger charge is 2.14. The molecular formula is C25H17N3O5. The molecule has 0 saturated carbocycles. The van der Waals surface area contributed by atoms with E-state index in [4.69, 9.17) is 9.57 Å². The third kappa shape index (κ3) is 5.45. The Morgan fingerprint density at radius 2 is 1.33 bits per heavy atom. The number of carbonyl (C=O) groups excluding carboxylic acids is 1. The molecule has 4 aromatic rings. The Morgan fingerprint density at radius 3 is 1.97 bits per heavy atom. The second kappa shape index (κ2) is 9.97. The fraction of sp³-hybridized carbons (Fsp3) is 0. The van der Waals surface area contributed by atoms with Crippen molar-refractivity contribution in [1.29, 1.82) is 0 Å². The first-order valence-corrected chi connectivity index (χ1v) is 9.88. The zero-order valence-electron chi connectivity index (χ0n) is 17.2. The summed E-state index contributed by atoms with van der Waals surface area (Å²) >= 11 is 0. The Hall–Kier alpha value is -4.85. The first-order valence-electron chi connectivity index (χ1n) is 9.88. The number of oxime groups is 1. The van der Waals surface area contributed by atoms with Crippen LogP contribution in [0.1, 0.15) is 21.5 Å². The van der Waals surface area contributed by atoms with Crippen LogP contribution in [0.15, 0.2) is 109 Å². The molecule has 33 heavy (non-hydrogen) atoms. The molecule has 1 heterocycles. The monoisotopic (exact) mass is 439 g/mol. The first kappa shape index (κ1) is 21.4. The van der Waals surface area contributed by atoms with Crippen molar-refractivity contribution >= 4 is 17.4 Å². The largest absolute Gasteiger partial charge is 0.457 e. The summed E-state index contributed by atoms with van der Waals surface area (Å²) in [4.78, 5) is 32.2. The standard InChI is InChI=1S/C25H17N3O5/c29-25(20-8-12-23(13-9-20)32-22-4-2-1-3-5-22)33-27-24(19-14-16-26-17-15-19)18-6-10-21(11-7-18)28(30)31/h1-17H/b27-24-. The number of aromatic nitrogens is 1. The Labute approximate surface area is 188 Å². The lowest BCUT2D eigenvalue weighted by Crippen LogP contribution is -2.08. The summed E-state index contributed by atoms with van der Waals surface area (Å²) in [6, 6.07) is 25.0. The molecule has 8 heteroatoms.